The predicted octanol–water partition coefficient (Wildman–Crippen LogP) is 0.674. The van der Waals surface area contributed by atoms with Gasteiger partial charge in [-0.05, 0) is 31.6 Å². The summed E-state index contributed by atoms with van der Waals surface area (Å²) in [5, 5.41) is 11.8. The second kappa shape index (κ2) is 4.45. The van der Waals surface area contributed by atoms with E-state index in [9.17, 15) is 4.79 Å². The SMILES string of the molecule is CC(=O)NC1CCC(CO)CC1. The first kappa shape index (κ1) is 9.52. The monoisotopic (exact) mass is 171 g/mol. The maximum Gasteiger partial charge on any atom is 0.217 e. The third-order valence-corrected chi connectivity index (χ3v) is 2.51. The fraction of sp³-hybridized carbons (Fsp3) is 0.889. The van der Waals surface area contributed by atoms with Crippen LogP contribution in [0.2, 0.25) is 0 Å². The Hall–Kier alpha value is -0.570. The van der Waals surface area contributed by atoms with Gasteiger partial charge in [-0.3, -0.25) is 4.79 Å². The van der Waals surface area contributed by atoms with Gasteiger partial charge < -0.3 is 10.4 Å². The van der Waals surface area contributed by atoms with Crippen LogP contribution >= 0.6 is 0 Å². The molecule has 1 amide bonds. The van der Waals surface area contributed by atoms with Crippen molar-refractivity contribution in [2.24, 2.45) is 5.92 Å². The Morgan fingerprint density at radius 3 is 2.42 bits per heavy atom. The van der Waals surface area contributed by atoms with Crippen molar-refractivity contribution in [1.82, 2.24) is 5.32 Å². The van der Waals surface area contributed by atoms with Crippen LogP contribution in [0.1, 0.15) is 32.6 Å². The molecule has 0 saturated heterocycles. The summed E-state index contributed by atoms with van der Waals surface area (Å²) in [4.78, 5) is 10.7. The number of hydrogen-bond acceptors (Lipinski definition) is 2. The van der Waals surface area contributed by atoms with Gasteiger partial charge in [0.05, 0.1) is 0 Å². The Bertz CT molecular complexity index is 151. The average Bonchev–Trinajstić information content (AvgIpc) is 2.05. The number of carbonyl (C=O) groups excluding carboxylic acids is 1. The van der Waals surface area contributed by atoms with Gasteiger partial charge in [0.2, 0.25) is 5.91 Å². The van der Waals surface area contributed by atoms with Gasteiger partial charge in [0.1, 0.15) is 0 Å². The molecular weight excluding hydrogens is 154 g/mol. The molecule has 1 aliphatic carbocycles. The normalized spacial score (nSPS) is 29.8. The molecule has 0 heterocycles. The number of aliphatic hydroxyl groups is 1. The van der Waals surface area contributed by atoms with Crippen molar-refractivity contribution < 1.29 is 9.90 Å². The molecule has 70 valence electrons. The molecule has 0 bridgehead atoms. The Labute approximate surface area is 73.2 Å². The van der Waals surface area contributed by atoms with Crippen LogP contribution in [0.3, 0.4) is 0 Å². The zero-order valence-electron chi connectivity index (χ0n) is 7.55. The fourth-order valence-electron chi connectivity index (χ4n) is 1.78. The first-order chi connectivity index (χ1) is 5.72. The second-order valence-electron chi connectivity index (χ2n) is 3.60. The van der Waals surface area contributed by atoms with E-state index in [4.69, 9.17) is 5.11 Å². The molecule has 1 aliphatic rings. The summed E-state index contributed by atoms with van der Waals surface area (Å²) in [6, 6.07) is 0.352. The van der Waals surface area contributed by atoms with Crippen molar-refractivity contribution in [2.75, 3.05) is 6.61 Å². The Kier molecular flexibility index (Phi) is 3.53. The highest BCUT2D eigenvalue weighted by atomic mass is 16.3. The molecule has 1 fully saturated rings. The number of rotatable bonds is 2. The van der Waals surface area contributed by atoms with Crippen LogP contribution < -0.4 is 5.32 Å². The Morgan fingerprint density at radius 1 is 1.42 bits per heavy atom. The molecular formula is C9H17NO2. The van der Waals surface area contributed by atoms with Gasteiger partial charge in [0.25, 0.3) is 0 Å². The molecule has 0 aromatic carbocycles. The molecule has 1 rings (SSSR count). The van der Waals surface area contributed by atoms with E-state index in [0.29, 0.717) is 18.6 Å². The van der Waals surface area contributed by atoms with E-state index in [0.717, 1.165) is 25.7 Å². The zero-order chi connectivity index (χ0) is 8.97. The number of aliphatic hydroxyl groups excluding tert-OH is 1. The van der Waals surface area contributed by atoms with E-state index in [2.05, 4.69) is 5.32 Å². The summed E-state index contributed by atoms with van der Waals surface area (Å²) in [7, 11) is 0. The predicted molar refractivity (Wildman–Crippen MR) is 46.6 cm³/mol. The van der Waals surface area contributed by atoms with Crippen LogP contribution in [0.25, 0.3) is 0 Å². The van der Waals surface area contributed by atoms with Crippen molar-refractivity contribution in [3.05, 3.63) is 0 Å². The average molecular weight is 171 g/mol. The standard InChI is InChI=1S/C9H17NO2/c1-7(12)10-9-4-2-8(6-11)3-5-9/h8-9,11H,2-6H2,1H3,(H,10,12). The summed E-state index contributed by atoms with van der Waals surface area (Å²) in [6.45, 7) is 1.85. The fourth-order valence-corrected chi connectivity index (χ4v) is 1.78. The minimum absolute atomic E-state index is 0.0578. The van der Waals surface area contributed by atoms with Crippen LogP contribution in [-0.4, -0.2) is 23.7 Å². The third kappa shape index (κ3) is 2.81. The summed E-state index contributed by atoms with van der Waals surface area (Å²) >= 11 is 0. The van der Waals surface area contributed by atoms with Gasteiger partial charge in [-0.25, -0.2) is 0 Å². The van der Waals surface area contributed by atoms with E-state index >= 15 is 0 Å². The van der Waals surface area contributed by atoms with Crippen molar-refractivity contribution in [3.8, 4) is 0 Å². The lowest BCUT2D eigenvalue weighted by Crippen LogP contribution is -2.36. The van der Waals surface area contributed by atoms with Crippen LogP contribution in [-0.2, 0) is 4.79 Å². The van der Waals surface area contributed by atoms with Crippen LogP contribution in [0.4, 0.5) is 0 Å². The molecule has 0 unspecified atom stereocenters. The highest BCUT2D eigenvalue weighted by Gasteiger charge is 2.20. The van der Waals surface area contributed by atoms with Crippen molar-refractivity contribution in [2.45, 2.75) is 38.6 Å². The van der Waals surface area contributed by atoms with E-state index in [1.54, 1.807) is 6.92 Å². The van der Waals surface area contributed by atoms with Crippen LogP contribution in [0, 0.1) is 5.92 Å². The Morgan fingerprint density at radius 2 is 2.00 bits per heavy atom. The number of hydrogen-bond donors (Lipinski definition) is 2. The highest BCUT2D eigenvalue weighted by molar-refractivity contribution is 5.73. The molecule has 12 heavy (non-hydrogen) atoms. The highest BCUT2D eigenvalue weighted by Crippen LogP contribution is 2.23. The zero-order valence-corrected chi connectivity index (χ0v) is 7.55. The summed E-state index contributed by atoms with van der Waals surface area (Å²) < 4.78 is 0. The lowest BCUT2D eigenvalue weighted by atomic mass is 9.86. The molecule has 0 aromatic rings. The lowest BCUT2D eigenvalue weighted by Gasteiger charge is -2.27. The quantitative estimate of drug-likeness (QED) is 0.641. The largest absolute Gasteiger partial charge is 0.396 e. The van der Waals surface area contributed by atoms with Gasteiger partial charge in [0.15, 0.2) is 0 Å². The first-order valence-electron chi connectivity index (χ1n) is 4.60. The maximum absolute atomic E-state index is 10.7. The van der Waals surface area contributed by atoms with E-state index < -0.39 is 0 Å². The van der Waals surface area contributed by atoms with E-state index in [-0.39, 0.29) is 5.91 Å². The van der Waals surface area contributed by atoms with Crippen molar-refractivity contribution >= 4 is 5.91 Å². The van der Waals surface area contributed by atoms with Gasteiger partial charge in [-0.2, -0.15) is 0 Å². The molecule has 0 aromatic heterocycles. The van der Waals surface area contributed by atoms with Crippen molar-refractivity contribution in [1.29, 1.82) is 0 Å². The van der Waals surface area contributed by atoms with Crippen LogP contribution in [0.5, 0.6) is 0 Å². The number of nitrogens with one attached hydrogen (secondary N) is 1. The van der Waals surface area contributed by atoms with E-state index in [1.807, 2.05) is 0 Å². The van der Waals surface area contributed by atoms with Gasteiger partial charge in [-0.1, -0.05) is 0 Å². The summed E-state index contributed by atoms with van der Waals surface area (Å²) in [5.41, 5.74) is 0. The van der Waals surface area contributed by atoms with Gasteiger partial charge in [-0.15, -0.1) is 0 Å². The van der Waals surface area contributed by atoms with Crippen LogP contribution in [0.15, 0.2) is 0 Å². The Balaban J connectivity index is 2.21. The van der Waals surface area contributed by atoms with E-state index in [1.165, 1.54) is 0 Å². The molecule has 2 N–H and O–H groups in total. The smallest absolute Gasteiger partial charge is 0.217 e. The molecule has 0 radical (unpaired) electrons. The topological polar surface area (TPSA) is 49.3 Å². The molecule has 0 aliphatic heterocycles. The molecule has 3 nitrogen and oxygen atoms in total. The molecule has 3 heteroatoms. The second-order valence-corrected chi connectivity index (χ2v) is 3.60. The maximum atomic E-state index is 10.7. The lowest BCUT2D eigenvalue weighted by molar-refractivity contribution is -0.119. The van der Waals surface area contributed by atoms with Gasteiger partial charge >= 0.3 is 0 Å². The summed E-state index contributed by atoms with van der Waals surface area (Å²) in [6.07, 6.45) is 4.12. The third-order valence-electron chi connectivity index (χ3n) is 2.51. The number of carbonyl (C=O) groups is 1. The minimum atomic E-state index is 0.0578. The first-order valence-corrected chi connectivity index (χ1v) is 4.60. The number of amides is 1. The van der Waals surface area contributed by atoms with Gasteiger partial charge in [0, 0.05) is 19.6 Å². The minimum Gasteiger partial charge on any atom is -0.396 e. The summed E-state index contributed by atoms with van der Waals surface area (Å²) in [5.74, 6) is 0.525. The molecule has 0 atom stereocenters. The van der Waals surface area contributed by atoms with Crippen molar-refractivity contribution in [3.63, 3.8) is 0 Å². The molecule has 0 spiro atoms. The molecule has 1 saturated carbocycles.